The monoisotopic (exact) mass is 520 g/mol. The fourth-order valence-electron chi connectivity index (χ4n) is 3.58. The van der Waals surface area contributed by atoms with Crippen LogP contribution in [0.2, 0.25) is 0 Å². The Bertz CT molecular complexity index is 825. The van der Waals surface area contributed by atoms with Gasteiger partial charge in [0, 0.05) is 32.6 Å². The molecule has 1 fully saturated rings. The number of hydrogen-bond acceptors (Lipinski definition) is 2. The molecular formula is C24H33IN4O. The Hall–Kier alpha value is -2.09. The van der Waals surface area contributed by atoms with Crippen molar-refractivity contribution in [1.82, 2.24) is 15.5 Å². The van der Waals surface area contributed by atoms with E-state index in [2.05, 4.69) is 73.0 Å². The largest absolute Gasteiger partial charge is 0.357 e. The van der Waals surface area contributed by atoms with Crippen molar-refractivity contribution in [3.63, 3.8) is 0 Å². The minimum absolute atomic E-state index is 0. The molecule has 1 saturated heterocycles. The molecule has 0 spiro atoms. The van der Waals surface area contributed by atoms with Gasteiger partial charge in [0.25, 0.3) is 0 Å². The number of nitrogens with zero attached hydrogens (tertiary/aromatic N) is 2. The van der Waals surface area contributed by atoms with Gasteiger partial charge in [-0.1, -0.05) is 61.5 Å². The number of nitrogens with one attached hydrogen (secondary N) is 2. The summed E-state index contributed by atoms with van der Waals surface area (Å²) in [6.45, 7) is 8.12. The second-order valence-electron chi connectivity index (χ2n) is 7.63. The second-order valence-corrected chi connectivity index (χ2v) is 7.63. The van der Waals surface area contributed by atoms with E-state index in [-0.39, 0.29) is 29.9 Å². The van der Waals surface area contributed by atoms with Gasteiger partial charge >= 0.3 is 0 Å². The highest BCUT2D eigenvalue weighted by molar-refractivity contribution is 14.0. The zero-order valence-corrected chi connectivity index (χ0v) is 20.3. The van der Waals surface area contributed by atoms with Gasteiger partial charge in [0.2, 0.25) is 5.91 Å². The zero-order valence-electron chi connectivity index (χ0n) is 17.9. The average molecular weight is 520 g/mol. The highest BCUT2D eigenvalue weighted by Gasteiger charge is 2.19. The quantitative estimate of drug-likeness (QED) is 0.310. The first kappa shape index (κ1) is 24.2. The lowest BCUT2D eigenvalue weighted by molar-refractivity contribution is -0.128. The summed E-state index contributed by atoms with van der Waals surface area (Å²) in [5.74, 6) is 1.50. The molecule has 1 unspecified atom stereocenters. The maximum absolute atomic E-state index is 11.9. The van der Waals surface area contributed by atoms with Crippen LogP contribution in [0.5, 0.6) is 0 Å². The molecule has 1 aliphatic rings. The molecule has 1 heterocycles. The van der Waals surface area contributed by atoms with Gasteiger partial charge in [0.15, 0.2) is 5.96 Å². The summed E-state index contributed by atoms with van der Waals surface area (Å²) in [7, 11) is 0. The van der Waals surface area contributed by atoms with Crippen LogP contribution in [-0.2, 0) is 17.9 Å². The first-order valence-electron chi connectivity index (χ1n) is 10.6. The molecule has 1 amide bonds. The van der Waals surface area contributed by atoms with Gasteiger partial charge in [0.05, 0.1) is 6.54 Å². The maximum atomic E-state index is 11.9. The Morgan fingerprint density at radius 2 is 1.87 bits per heavy atom. The second kappa shape index (κ2) is 12.6. The van der Waals surface area contributed by atoms with Crippen LogP contribution in [0.1, 0.15) is 49.3 Å². The Balaban J connectivity index is 0.00000320. The first-order valence-corrected chi connectivity index (χ1v) is 10.6. The number of benzene rings is 2. The summed E-state index contributed by atoms with van der Waals surface area (Å²) in [6, 6.07) is 18.9. The number of carbonyl (C=O) groups is 1. The Kier molecular flexibility index (Phi) is 10.1. The lowest BCUT2D eigenvalue weighted by Crippen LogP contribution is -2.39. The van der Waals surface area contributed by atoms with E-state index in [4.69, 9.17) is 4.99 Å². The highest BCUT2D eigenvalue weighted by atomic mass is 127. The van der Waals surface area contributed by atoms with E-state index in [1.165, 1.54) is 11.1 Å². The fraction of sp³-hybridized carbons (Fsp3) is 0.417. The van der Waals surface area contributed by atoms with E-state index < -0.39 is 0 Å². The van der Waals surface area contributed by atoms with E-state index >= 15 is 0 Å². The molecule has 2 aromatic rings. The number of aliphatic imine (C=N–C) groups is 1. The summed E-state index contributed by atoms with van der Waals surface area (Å²) in [5, 5.41) is 6.78. The lowest BCUT2D eigenvalue weighted by Gasteiger charge is -2.17. The van der Waals surface area contributed by atoms with E-state index in [0.29, 0.717) is 25.4 Å². The number of likely N-dealkylation sites (tertiary alicyclic amines) is 1. The standard InChI is InChI=1S/C24H32N4O.HI/c1-3-25-24(26-16-19(2)22-11-5-4-6-12-22)27-17-20-9-7-10-21(15-20)18-28-14-8-13-23(28)29;/h4-7,9-12,15,19H,3,8,13-14,16-18H2,1-2H3,(H2,25,26,27);1H. The average Bonchev–Trinajstić information content (AvgIpc) is 3.15. The number of carbonyl (C=O) groups excluding carboxylic acids is 1. The van der Waals surface area contributed by atoms with Crippen molar-refractivity contribution in [2.24, 2.45) is 4.99 Å². The van der Waals surface area contributed by atoms with Crippen molar-refractivity contribution in [1.29, 1.82) is 0 Å². The van der Waals surface area contributed by atoms with Crippen LogP contribution in [0.25, 0.3) is 0 Å². The topological polar surface area (TPSA) is 56.7 Å². The maximum Gasteiger partial charge on any atom is 0.222 e. The van der Waals surface area contributed by atoms with Gasteiger partial charge in [-0.2, -0.15) is 0 Å². The molecule has 0 saturated carbocycles. The summed E-state index contributed by atoms with van der Waals surface area (Å²) in [6.07, 6.45) is 1.66. The van der Waals surface area contributed by atoms with Gasteiger partial charge in [0.1, 0.15) is 0 Å². The van der Waals surface area contributed by atoms with Crippen LogP contribution >= 0.6 is 24.0 Å². The third-order valence-electron chi connectivity index (χ3n) is 5.24. The van der Waals surface area contributed by atoms with Gasteiger partial charge in [-0.3, -0.25) is 4.79 Å². The molecule has 1 aliphatic heterocycles. The van der Waals surface area contributed by atoms with Crippen LogP contribution in [0, 0.1) is 0 Å². The smallest absolute Gasteiger partial charge is 0.222 e. The number of hydrogen-bond donors (Lipinski definition) is 2. The van der Waals surface area contributed by atoms with E-state index in [1.54, 1.807) is 0 Å². The summed E-state index contributed by atoms with van der Waals surface area (Å²) in [4.78, 5) is 18.6. The van der Waals surface area contributed by atoms with E-state index in [0.717, 1.165) is 37.6 Å². The Labute approximate surface area is 197 Å². The lowest BCUT2D eigenvalue weighted by atomic mass is 10.0. The SMILES string of the molecule is CCNC(=NCc1cccc(CN2CCCC2=O)c1)NCC(C)c1ccccc1.I. The predicted molar refractivity (Wildman–Crippen MR) is 134 cm³/mol. The molecule has 0 bridgehead atoms. The third kappa shape index (κ3) is 7.31. The van der Waals surface area contributed by atoms with Crippen molar-refractivity contribution >= 4 is 35.8 Å². The number of amides is 1. The molecule has 0 aliphatic carbocycles. The predicted octanol–water partition coefficient (Wildman–Crippen LogP) is 4.29. The Morgan fingerprint density at radius 1 is 1.10 bits per heavy atom. The molecule has 2 N–H and O–H groups in total. The molecule has 5 nitrogen and oxygen atoms in total. The van der Waals surface area contributed by atoms with Crippen LogP contribution in [0.15, 0.2) is 59.6 Å². The van der Waals surface area contributed by atoms with Gasteiger partial charge < -0.3 is 15.5 Å². The molecule has 0 aromatic heterocycles. The van der Waals surface area contributed by atoms with Crippen LogP contribution in [0.3, 0.4) is 0 Å². The normalized spacial score (nSPS) is 14.9. The van der Waals surface area contributed by atoms with Gasteiger partial charge in [-0.15, -0.1) is 24.0 Å². The van der Waals surface area contributed by atoms with Crippen LogP contribution in [-0.4, -0.2) is 36.4 Å². The molecule has 3 rings (SSSR count). The first-order chi connectivity index (χ1) is 14.2. The van der Waals surface area contributed by atoms with Gasteiger partial charge in [-0.05, 0) is 36.0 Å². The molecule has 6 heteroatoms. The summed E-state index contributed by atoms with van der Waals surface area (Å²) < 4.78 is 0. The molecule has 30 heavy (non-hydrogen) atoms. The number of guanidine groups is 1. The van der Waals surface area contributed by atoms with E-state index in [1.807, 2.05) is 11.0 Å². The van der Waals surface area contributed by atoms with Crippen molar-refractivity contribution < 1.29 is 4.79 Å². The van der Waals surface area contributed by atoms with Crippen molar-refractivity contribution in [2.45, 2.75) is 45.7 Å². The number of halogens is 1. The molecular weight excluding hydrogens is 487 g/mol. The highest BCUT2D eigenvalue weighted by Crippen LogP contribution is 2.16. The minimum atomic E-state index is 0. The van der Waals surface area contributed by atoms with Crippen molar-refractivity contribution in [2.75, 3.05) is 19.6 Å². The van der Waals surface area contributed by atoms with Crippen LogP contribution < -0.4 is 10.6 Å². The summed E-state index contributed by atoms with van der Waals surface area (Å²) >= 11 is 0. The summed E-state index contributed by atoms with van der Waals surface area (Å²) in [5.41, 5.74) is 3.64. The molecule has 2 aromatic carbocycles. The van der Waals surface area contributed by atoms with Crippen LogP contribution in [0.4, 0.5) is 0 Å². The van der Waals surface area contributed by atoms with Crippen molar-refractivity contribution in [3.8, 4) is 0 Å². The third-order valence-corrected chi connectivity index (χ3v) is 5.24. The zero-order chi connectivity index (χ0) is 20.5. The Morgan fingerprint density at radius 3 is 2.57 bits per heavy atom. The van der Waals surface area contributed by atoms with Gasteiger partial charge in [-0.25, -0.2) is 4.99 Å². The fourth-order valence-corrected chi connectivity index (χ4v) is 3.58. The molecule has 0 radical (unpaired) electrons. The molecule has 162 valence electrons. The number of rotatable bonds is 8. The van der Waals surface area contributed by atoms with E-state index in [9.17, 15) is 4.79 Å². The minimum Gasteiger partial charge on any atom is -0.357 e. The molecule has 1 atom stereocenters. The van der Waals surface area contributed by atoms with Crippen molar-refractivity contribution in [3.05, 3.63) is 71.3 Å².